The molecule has 0 radical (unpaired) electrons. The number of amides is 1. The Morgan fingerprint density at radius 2 is 1.82 bits per heavy atom. The molecule has 6 unspecified atom stereocenters. The minimum Gasteiger partial charge on any atom is -0.461 e. The van der Waals surface area contributed by atoms with Gasteiger partial charge in [0.2, 0.25) is 5.91 Å². The van der Waals surface area contributed by atoms with E-state index in [0.29, 0.717) is 0 Å². The molecule has 0 bridgehead atoms. The largest absolute Gasteiger partial charge is 0.461 e. The second kappa shape index (κ2) is 11.9. The highest BCUT2D eigenvalue weighted by Gasteiger charge is 2.54. The van der Waals surface area contributed by atoms with E-state index in [1.165, 1.54) is 20.0 Å². The number of aromatic nitrogens is 2. The zero-order chi connectivity index (χ0) is 29.2. The van der Waals surface area contributed by atoms with Gasteiger partial charge in [-0.15, -0.1) is 0 Å². The molecule has 1 fully saturated rings. The number of carbonyl (C=O) groups excluding carboxylic acids is 2. The summed E-state index contributed by atoms with van der Waals surface area (Å²) in [7, 11) is -4.57. The second-order valence-electron chi connectivity index (χ2n) is 9.91. The van der Waals surface area contributed by atoms with E-state index in [-0.39, 0.29) is 30.8 Å². The summed E-state index contributed by atoms with van der Waals surface area (Å²) in [4.78, 5) is 50.0. The SMILES string of the molecule is CCC(CC)(OP(=O)(O)C(C)(C)O)C(C)C1OC(n2cc(COC(C)=O)c(NC(C)=O)nc2=O)C(O)C1O. The molecular formula is C23H38N3O11P. The van der Waals surface area contributed by atoms with Gasteiger partial charge >= 0.3 is 19.3 Å². The molecular weight excluding hydrogens is 525 g/mol. The standard InChI is InChI=1S/C23H38N3O11P/c1-8-23(9-2,37-38(33,34)22(6,7)32)12(3)18-16(29)17(30)20(36-18)26-10-15(11-35-14(5)28)19(24-13(4)27)25-21(26)31/h10,12,16-18,20,29-30,32H,8-9,11H2,1-7H3,(H,33,34)(H,24,25,27,31). The monoisotopic (exact) mass is 563 g/mol. The molecule has 1 aromatic rings. The van der Waals surface area contributed by atoms with Crippen molar-refractivity contribution in [2.24, 2.45) is 5.92 Å². The third-order valence-electron chi connectivity index (χ3n) is 6.82. The molecule has 38 heavy (non-hydrogen) atoms. The van der Waals surface area contributed by atoms with Crippen LogP contribution >= 0.6 is 7.60 Å². The lowest BCUT2D eigenvalue weighted by Crippen LogP contribution is -2.48. The molecule has 5 N–H and O–H groups in total. The Morgan fingerprint density at radius 1 is 1.24 bits per heavy atom. The maximum Gasteiger partial charge on any atom is 0.359 e. The molecule has 1 aliphatic rings. The van der Waals surface area contributed by atoms with Crippen LogP contribution in [0.3, 0.4) is 0 Å². The lowest BCUT2D eigenvalue weighted by Gasteiger charge is -2.43. The van der Waals surface area contributed by atoms with Crippen molar-refractivity contribution < 1.29 is 48.4 Å². The molecule has 0 aliphatic carbocycles. The van der Waals surface area contributed by atoms with Gasteiger partial charge in [-0.25, -0.2) is 4.79 Å². The van der Waals surface area contributed by atoms with E-state index in [1.807, 2.05) is 0 Å². The molecule has 216 valence electrons. The van der Waals surface area contributed by atoms with Crippen molar-refractivity contribution in [2.45, 2.75) is 103 Å². The van der Waals surface area contributed by atoms with Crippen LogP contribution in [-0.2, 0) is 34.8 Å². The Labute approximate surface area is 220 Å². The Balaban J connectivity index is 2.48. The van der Waals surface area contributed by atoms with E-state index in [0.717, 1.165) is 18.4 Å². The normalized spacial score (nSPS) is 24.5. The Morgan fingerprint density at radius 3 is 2.29 bits per heavy atom. The fraction of sp³-hybridized carbons (Fsp3) is 0.739. The summed E-state index contributed by atoms with van der Waals surface area (Å²) in [6.45, 7) is 9.33. The minimum atomic E-state index is -4.57. The number of aliphatic hydroxyl groups excluding tert-OH is 2. The number of nitrogens with one attached hydrogen (secondary N) is 1. The average Bonchev–Trinajstić information content (AvgIpc) is 3.09. The minimum absolute atomic E-state index is 0.128. The number of esters is 1. The van der Waals surface area contributed by atoms with Gasteiger partial charge in [0.15, 0.2) is 11.6 Å². The molecule has 0 spiro atoms. The van der Waals surface area contributed by atoms with Crippen LogP contribution in [0, 0.1) is 5.92 Å². The third kappa shape index (κ3) is 6.68. The molecule has 2 heterocycles. The molecule has 1 amide bonds. The van der Waals surface area contributed by atoms with Gasteiger partial charge in [0, 0.05) is 31.5 Å². The third-order valence-corrected chi connectivity index (χ3v) is 8.81. The van der Waals surface area contributed by atoms with Gasteiger partial charge in [-0.3, -0.25) is 23.2 Å². The lowest BCUT2D eigenvalue weighted by atomic mass is 9.79. The van der Waals surface area contributed by atoms with Crippen LogP contribution in [0.4, 0.5) is 5.82 Å². The number of hydrogen-bond acceptors (Lipinski definition) is 11. The maximum absolute atomic E-state index is 12.8. The summed E-state index contributed by atoms with van der Waals surface area (Å²) in [5.74, 6) is -2.10. The van der Waals surface area contributed by atoms with Gasteiger partial charge in [-0.1, -0.05) is 20.8 Å². The Kier molecular flexibility index (Phi) is 10.0. The quantitative estimate of drug-likeness (QED) is 0.189. The molecule has 1 aromatic heterocycles. The van der Waals surface area contributed by atoms with Gasteiger partial charge in [0.1, 0.15) is 24.6 Å². The van der Waals surface area contributed by atoms with Gasteiger partial charge < -0.3 is 35.0 Å². The molecule has 0 saturated carbocycles. The van der Waals surface area contributed by atoms with Crippen molar-refractivity contribution >= 4 is 25.3 Å². The van der Waals surface area contributed by atoms with E-state index in [1.54, 1.807) is 20.8 Å². The molecule has 1 aliphatic heterocycles. The maximum atomic E-state index is 12.8. The van der Waals surface area contributed by atoms with E-state index in [2.05, 4.69) is 10.3 Å². The van der Waals surface area contributed by atoms with Crippen LogP contribution in [0.5, 0.6) is 0 Å². The van der Waals surface area contributed by atoms with Crippen LogP contribution in [0.25, 0.3) is 0 Å². The molecule has 2 rings (SSSR count). The number of nitrogens with zero attached hydrogens (tertiary/aromatic N) is 2. The second-order valence-corrected chi connectivity index (χ2v) is 12.2. The van der Waals surface area contributed by atoms with Crippen molar-refractivity contribution in [1.82, 2.24) is 9.55 Å². The first kappa shape index (κ1) is 32.0. The summed E-state index contributed by atoms with van der Waals surface area (Å²) in [5, 5.41) is 32.3. The van der Waals surface area contributed by atoms with Gasteiger partial charge in [-0.05, 0) is 26.7 Å². The van der Waals surface area contributed by atoms with Crippen LogP contribution in [-0.4, -0.2) is 70.9 Å². The molecule has 0 aromatic carbocycles. The first-order chi connectivity index (χ1) is 17.4. The van der Waals surface area contributed by atoms with Crippen molar-refractivity contribution in [3.05, 3.63) is 22.2 Å². The van der Waals surface area contributed by atoms with Crippen molar-refractivity contribution in [3.63, 3.8) is 0 Å². The predicted octanol–water partition coefficient (Wildman–Crippen LogP) is 1.01. The Hall–Kier alpha value is -2.19. The summed E-state index contributed by atoms with van der Waals surface area (Å²) < 4.78 is 30.3. The first-order valence-electron chi connectivity index (χ1n) is 12.2. The zero-order valence-electron chi connectivity index (χ0n) is 22.6. The van der Waals surface area contributed by atoms with Crippen molar-refractivity contribution in [3.8, 4) is 0 Å². The summed E-state index contributed by atoms with van der Waals surface area (Å²) in [5.41, 5.74) is -2.16. The number of aliphatic hydroxyl groups is 3. The lowest BCUT2D eigenvalue weighted by molar-refractivity contribution is -0.142. The zero-order valence-corrected chi connectivity index (χ0v) is 23.5. The van der Waals surface area contributed by atoms with E-state index in [9.17, 15) is 39.2 Å². The smallest absolute Gasteiger partial charge is 0.359 e. The molecule has 6 atom stereocenters. The molecule has 1 saturated heterocycles. The van der Waals surface area contributed by atoms with E-state index in [4.69, 9.17) is 14.0 Å². The number of rotatable bonds is 11. The average molecular weight is 564 g/mol. The topological polar surface area (TPSA) is 207 Å². The summed E-state index contributed by atoms with van der Waals surface area (Å²) in [6, 6.07) is 0. The number of ether oxygens (including phenoxy) is 2. The van der Waals surface area contributed by atoms with E-state index < -0.39 is 66.6 Å². The summed E-state index contributed by atoms with van der Waals surface area (Å²) in [6.07, 6.45) is -4.21. The number of carbonyl (C=O) groups is 2. The molecule has 15 heteroatoms. The van der Waals surface area contributed by atoms with Gasteiger partial charge in [0.05, 0.1) is 11.7 Å². The summed E-state index contributed by atoms with van der Waals surface area (Å²) >= 11 is 0. The van der Waals surface area contributed by atoms with Crippen molar-refractivity contribution in [1.29, 1.82) is 0 Å². The number of hydrogen-bond donors (Lipinski definition) is 5. The fourth-order valence-corrected chi connectivity index (χ4v) is 5.48. The predicted molar refractivity (Wildman–Crippen MR) is 134 cm³/mol. The Bertz CT molecular complexity index is 1130. The highest BCUT2D eigenvalue weighted by molar-refractivity contribution is 7.54. The van der Waals surface area contributed by atoms with Gasteiger partial charge in [-0.2, -0.15) is 4.98 Å². The highest BCUT2D eigenvalue weighted by Crippen LogP contribution is 2.59. The van der Waals surface area contributed by atoms with Crippen LogP contribution < -0.4 is 11.0 Å². The van der Waals surface area contributed by atoms with Crippen molar-refractivity contribution in [2.75, 3.05) is 5.32 Å². The van der Waals surface area contributed by atoms with Crippen LogP contribution in [0.2, 0.25) is 0 Å². The van der Waals surface area contributed by atoms with Gasteiger partial charge in [0.25, 0.3) is 0 Å². The van der Waals surface area contributed by atoms with Crippen LogP contribution in [0.15, 0.2) is 11.0 Å². The first-order valence-corrected chi connectivity index (χ1v) is 13.8. The fourth-order valence-electron chi connectivity index (χ4n) is 4.34. The van der Waals surface area contributed by atoms with E-state index >= 15 is 0 Å². The highest BCUT2D eigenvalue weighted by atomic mass is 31.2. The number of anilines is 1. The van der Waals surface area contributed by atoms with Crippen LogP contribution in [0.1, 0.15) is 73.1 Å². The molecule has 14 nitrogen and oxygen atoms in total.